The molecular formula is C21H46OZr. The second-order valence-corrected chi connectivity index (χ2v) is 14.6. The zero-order valence-corrected chi connectivity index (χ0v) is 19.1. The van der Waals surface area contributed by atoms with Gasteiger partial charge in [0, 0.05) is 0 Å². The molecule has 0 aliphatic carbocycles. The van der Waals surface area contributed by atoms with Crippen LogP contribution >= 0.6 is 0 Å². The van der Waals surface area contributed by atoms with E-state index in [9.17, 15) is 0 Å². The normalized spacial score (nSPS) is 10.6. The summed E-state index contributed by atoms with van der Waals surface area (Å²) in [6.45, 7) is 6.98. The first-order valence-corrected chi connectivity index (χ1v) is 15.9. The Kier molecular flexibility index (Phi) is 25.9. The Morgan fingerprint density at radius 2 is 0.652 bits per heavy atom. The molecule has 0 aromatic carbocycles. The minimum Gasteiger partial charge on any atom is -0.870 e. The summed E-state index contributed by atoms with van der Waals surface area (Å²) >= 11 is -0.985. The zero-order chi connectivity index (χ0) is 16.3. The maximum absolute atomic E-state index is 2.33. The molecule has 0 atom stereocenters. The predicted molar refractivity (Wildman–Crippen MR) is 103 cm³/mol. The van der Waals surface area contributed by atoms with Gasteiger partial charge in [-0.15, -0.1) is 0 Å². The van der Waals surface area contributed by atoms with Gasteiger partial charge in [0.25, 0.3) is 0 Å². The van der Waals surface area contributed by atoms with E-state index in [0.717, 1.165) is 0 Å². The number of hydrogen-bond acceptors (Lipinski definition) is 1. The van der Waals surface area contributed by atoms with E-state index in [2.05, 4.69) is 20.8 Å². The molecule has 0 fully saturated rings. The molecule has 0 radical (unpaired) electrons. The molecule has 0 spiro atoms. The molecule has 2 heteroatoms. The van der Waals surface area contributed by atoms with E-state index in [-0.39, 0.29) is 5.48 Å². The molecule has 0 amide bonds. The smallest absolute Gasteiger partial charge is 0.870 e. The standard InChI is InChI=1S/3C7H15.H2O.Zr/c3*1-3-5-7-6-4-2;;/h3*1,3-7H2,2H3;1H2;/q;;;;+1/p-1. The first-order valence-electron chi connectivity index (χ1n) is 10.7. The summed E-state index contributed by atoms with van der Waals surface area (Å²) in [6, 6.07) is 0. The van der Waals surface area contributed by atoms with E-state index in [1.165, 1.54) is 77.0 Å². The molecule has 1 N–H and O–H groups in total. The molecule has 23 heavy (non-hydrogen) atoms. The van der Waals surface area contributed by atoms with Crippen molar-refractivity contribution < 1.29 is 27.2 Å². The summed E-state index contributed by atoms with van der Waals surface area (Å²) in [6.07, 6.45) is 22.4. The van der Waals surface area contributed by atoms with Crippen LogP contribution in [0.4, 0.5) is 0 Å². The fourth-order valence-electron chi connectivity index (χ4n) is 3.31. The van der Waals surface area contributed by atoms with Gasteiger partial charge >= 0.3 is 151 Å². The van der Waals surface area contributed by atoms with Crippen LogP contribution in [-0.2, 0) is 21.8 Å². The SMILES string of the molecule is CCCCCC[CH2][Zr+]([CH2]CCCCCC)[CH2]CCCCCC.[OH-]. The van der Waals surface area contributed by atoms with Crippen LogP contribution in [0.5, 0.6) is 0 Å². The summed E-state index contributed by atoms with van der Waals surface area (Å²) in [4.78, 5) is 0. The van der Waals surface area contributed by atoms with Gasteiger partial charge in [0.2, 0.25) is 0 Å². The number of unbranched alkanes of at least 4 members (excludes halogenated alkanes) is 12. The van der Waals surface area contributed by atoms with Crippen molar-refractivity contribution in [1.82, 2.24) is 0 Å². The van der Waals surface area contributed by atoms with Gasteiger partial charge in [-0.05, 0) is 0 Å². The molecule has 0 saturated heterocycles. The van der Waals surface area contributed by atoms with Gasteiger partial charge in [-0.3, -0.25) is 0 Å². The average Bonchev–Trinajstić information content (AvgIpc) is 2.53. The molecular weight excluding hydrogens is 359 g/mol. The molecule has 0 aromatic heterocycles. The van der Waals surface area contributed by atoms with Gasteiger partial charge in [-0.2, -0.15) is 0 Å². The van der Waals surface area contributed by atoms with E-state index in [4.69, 9.17) is 0 Å². The number of rotatable bonds is 18. The van der Waals surface area contributed by atoms with Gasteiger partial charge in [0.1, 0.15) is 0 Å². The Labute approximate surface area is 156 Å². The maximum Gasteiger partial charge on any atom is -0.870 e. The largest absolute Gasteiger partial charge is 0.870 e. The quantitative estimate of drug-likeness (QED) is 0.210. The van der Waals surface area contributed by atoms with Crippen LogP contribution in [0.15, 0.2) is 0 Å². The summed E-state index contributed by atoms with van der Waals surface area (Å²) in [5, 5.41) is 0. The summed E-state index contributed by atoms with van der Waals surface area (Å²) in [5.41, 5.74) is 0. The average molecular weight is 406 g/mol. The van der Waals surface area contributed by atoms with Crippen molar-refractivity contribution in [1.29, 1.82) is 0 Å². The first-order chi connectivity index (χ1) is 10.8. The molecule has 0 aliphatic heterocycles. The minimum absolute atomic E-state index is 0. The van der Waals surface area contributed by atoms with E-state index in [0.29, 0.717) is 0 Å². The van der Waals surface area contributed by atoms with E-state index in [1.54, 1.807) is 31.6 Å². The Balaban J connectivity index is 0. The second kappa shape index (κ2) is 22.8. The van der Waals surface area contributed by atoms with E-state index in [1.807, 2.05) is 0 Å². The Hall–Kier alpha value is 0.843. The monoisotopic (exact) mass is 404 g/mol. The predicted octanol–water partition coefficient (Wildman–Crippen LogP) is 8.59. The molecule has 0 aliphatic rings. The van der Waals surface area contributed by atoms with Crippen LogP contribution in [0.1, 0.15) is 117 Å². The van der Waals surface area contributed by atoms with Crippen LogP contribution in [0.3, 0.4) is 0 Å². The van der Waals surface area contributed by atoms with Crippen molar-refractivity contribution >= 4 is 0 Å². The first kappa shape index (κ1) is 26.1. The summed E-state index contributed by atoms with van der Waals surface area (Å²) in [5.74, 6) is 0. The van der Waals surface area contributed by atoms with Crippen LogP contribution in [0, 0.1) is 0 Å². The minimum atomic E-state index is -0.985. The Morgan fingerprint density at radius 3 is 0.913 bits per heavy atom. The molecule has 1 nitrogen and oxygen atoms in total. The van der Waals surface area contributed by atoms with Crippen LogP contribution in [0.25, 0.3) is 0 Å². The number of hydrogen-bond donors (Lipinski definition) is 0. The summed E-state index contributed by atoms with van der Waals surface area (Å²) in [7, 11) is 0. The third kappa shape index (κ3) is 20.8. The zero-order valence-electron chi connectivity index (χ0n) is 16.7. The Bertz CT molecular complexity index is 163. The fraction of sp³-hybridized carbons (Fsp3) is 1.00. The third-order valence-corrected chi connectivity index (χ3v) is 12.7. The van der Waals surface area contributed by atoms with Gasteiger partial charge in [-0.25, -0.2) is 0 Å². The third-order valence-electron chi connectivity index (χ3n) is 4.90. The molecule has 0 aromatic rings. The van der Waals surface area contributed by atoms with E-state index < -0.39 is 21.8 Å². The van der Waals surface area contributed by atoms with Crippen molar-refractivity contribution in [3.05, 3.63) is 0 Å². The Morgan fingerprint density at radius 1 is 0.391 bits per heavy atom. The molecule has 0 unspecified atom stereocenters. The van der Waals surface area contributed by atoms with Crippen molar-refractivity contribution in [3.63, 3.8) is 0 Å². The van der Waals surface area contributed by atoms with Crippen molar-refractivity contribution in [2.75, 3.05) is 0 Å². The van der Waals surface area contributed by atoms with E-state index >= 15 is 0 Å². The maximum atomic E-state index is 2.33. The topological polar surface area (TPSA) is 30.0 Å². The molecule has 0 rings (SSSR count). The van der Waals surface area contributed by atoms with Gasteiger partial charge in [0.05, 0.1) is 0 Å². The van der Waals surface area contributed by atoms with Crippen LogP contribution < -0.4 is 0 Å². The van der Waals surface area contributed by atoms with Crippen LogP contribution in [-0.4, -0.2) is 5.48 Å². The summed E-state index contributed by atoms with van der Waals surface area (Å²) < 4.78 is 5.15. The van der Waals surface area contributed by atoms with Crippen molar-refractivity contribution in [2.45, 2.75) is 129 Å². The van der Waals surface area contributed by atoms with Gasteiger partial charge in [-0.1, -0.05) is 0 Å². The van der Waals surface area contributed by atoms with Crippen molar-refractivity contribution in [2.24, 2.45) is 0 Å². The van der Waals surface area contributed by atoms with Gasteiger partial charge in [0.15, 0.2) is 0 Å². The van der Waals surface area contributed by atoms with Gasteiger partial charge < -0.3 is 5.48 Å². The fourth-order valence-corrected chi connectivity index (χ4v) is 10.7. The molecule has 0 heterocycles. The van der Waals surface area contributed by atoms with Crippen molar-refractivity contribution in [3.8, 4) is 0 Å². The van der Waals surface area contributed by atoms with Crippen LogP contribution in [0.2, 0.25) is 12.4 Å². The second-order valence-electron chi connectivity index (χ2n) is 7.24. The molecule has 140 valence electrons. The molecule has 0 bridgehead atoms. The molecule has 0 saturated carbocycles.